The fourth-order valence-electron chi connectivity index (χ4n) is 1.91. The number of carbonyl (C=O) groups excluding carboxylic acids is 1. The largest absolute Gasteiger partial charge is 0.490 e. The monoisotopic (exact) mass is 316 g/mol. The summed E-state index contributed by atoms with van der Waals surface area (Å²) in [5.41, 5.74) is 0.00884. The number of anilines is 1. The highest BCUT2D eigenvalue weighted by Gasteiger charge is 2.18. The Morgan fingerprint density at radius 2 is 1.91 bits per heavy atom. The lowest BCUT2D eigenvalue weighted by Gasteiger charge is -2.07. The number of carboxylic acids is 1. The van der Waals surface area contributed by atoms with Crippen molar-refractivity contribution < 1.29 is 24.4 Å². The fourth-order valence-corrected chi connectivity index (χ4v) is 1.91. The lowest BCUT2D eigenvalue weighted by atomic mass is 10.1. The van der Waals surface area contributed by atoms with Gasteiger partial charge in [0.1, 0.15) is 0 Å². The highest BCUT2D eigenvalue weighted by Crippen LogP contribution is 2.27. The van der Waals surface area contributed by atoms with Crippen molar-refractivity contribution in [2.45, 2.75) is 0 Å². The van der Waals surface area contributed by atoms with Gasteiger partial charge in [-0.2, -0.15) is 0 Å². The molecule has 0 aliphatic carbocycles. The molecule has 23 heavy (non-hydrogen) atoms. The minimum Gasteiger partial charge on any atom is -0.490 e. The van der Waals surface area contributed by atoms with E-state index in [0.29, 0.717) is 0 Å². The number of ether oxygens (including phenoxy) is 1. The van der Waals surface area contributed by atoms with Crippen molar-refractivity contribution in [3.63, 3.8) is 0 Å². The summed E-state index contributed by atoms with van der Waals surface area (Å²) in [6, 6.07) is 9.46. The first-order valence-electron chi connectivity index (χ1n) is 6.39. The van der Waals surface area contributed by atoms with Crippen molar-refractivity contribution in [1.29, 1.82) is 0 Å². The van der Waals surface area contributed by atoms with Crippen LogP contribution in [0.5, 0.6) is 5.75 Å². The number of carbonyl (C=O) groups is 2. The first kappa shape index (κ1) is 16.0. The highest BCUT2D eigenvalue weighted by molar-refractivity contribution is 6.05. The third-order valence-corrected chi connectivity index (χ3v) is 3.01. The molecule has 2 aromatic rings. The molecular formula is C15H12N2O6. The molecule has 0 fully saturated rings. The molecule has 118 valence electrons. The molecule has 2 rings (SSSR count). The standard InChI is InChI=1S/C15H12N2O6/c1-23-13-6-5-9(8-12(13)17(21)22)14(18)16-11-4-2-3-10(7-11)15(19)20/h2-8H,1H3,(H,16,18)(H,19,20). The van der Waals surface area contributed by atoms with E-state index in [1.807, 2.05) is 0 Å². The number of amides is 1. The summed E-state index contributed by atoms with van der Waals surface area (Å²) in [6.07, 6.45) is 0. The van der Waals surface area contributed by atoms with Crippen LogP contribution in [0.15, 0.2) is 42.5 Å². The third kappa shape index (κ3) is 3.62. The maximum Gasteiger partial charge on any atom is 0.335 e. The molecule has 0 aliphatic heterocycles. The molecule has 0 spiro atoms. The lowest BCUT2D eigenvalue weighted by Crippen LogP contribution is -2.13. The second-order valence-electron chi connectivity index (χ2n) is 4.48. The van der Waals surface area contributed by atoms with Crippen molar-refractivity contribution in [2.24, 2.45) is 0 Å². The average Bonchev–Trinajstić information content (AvgIpc) is 2.54. The summed E-state index contributed by atoms with van der Waals surface area (Å²) in [4.78, 5) is 33.4. The van der Waals surface area contributed by atoms with E-state index in [9.17, 15) is 19.7 Å². The van der Waals surface area contributed by atoms with E-state index < -0.39 is 16.8 Å². The molecule has 2 aromatic carbocycles. The number of rotatable bonds is 5. The van der Waals surface area contributed by atoms with Gasteiger partial charge >= 0.3 is 11.7 Å². The maximum absolute atomic E-state index is 12.1. The smallest absolute Gasteiger partial charge is 0.335 e. The van der Waals surface area contributed by atoms with Gasteiger partial charge < -0.3 is 15.2 Å². The van der Waals surface area contributed by atoms with E-state index in [-0.39, 0.29) is 28.3 Å². The van der Waals surface area contributed by atoms with Crippen LogP contribution in [-0.4, -0.2) is 29.0 Å². The Bertz CT molecular complexity index is 787. The van der Waals surface area contributed by atoms with E-state index in [4.69, 9.17) is 9.84 Å². The van der Waals surface area contributed by atoms with E-state index in [2.05, 4.69) is 5.32 Å². The number of nitro benzene ring substituents is 1. The van der Waals surface area contributed by atoms with Gasteiger partial charge in [0.05, 0.1) is 17.6 Å². The molecule has 0 atom stereocenters. The zero-order valence-corrected chi connectivity index (χ0v) is 12.0. The molecule has 2 N–H and O–H groups in total. The van der Waals surface area contributed by atoms with Crippen LogP contribution in [0, 0.1) is 10.1 Å². The molecule has 0 bridgehead atoms. The number of aromatic carboxylic acids is 1. The summed E-state index contributed by atoms with van der Waals surface area (Å²) in [5, 5.41) is 22.4. The molecular weight excluding hydrogens is 304 g/mol. The van der Waals surface area contributed by atoms with Gasteiger partial charge in [-0.15, -0.1) is 0 Å². The van der Waals surface area contributed by atoms with Gasteiger partial charge in [-0.1, -0.05) is 6.07 Å². The fraction of sp³-hybridized carbons (Fsp3) is 0.0667. The van der Waals surface area contributed by atoms with Crippen molar-refractivity contribution in [3.8, 4) is 5.75 Å². The first-order valence-corrected chi connectivity index (χ1v) is 6.39. The van der Waals surface area contributed by atoms with Gasteiger partial charge in [0, 0.05) is 17.3 Å². The number of nitro groups is 1. The Kier molecular flexibility index (Phi) is 4.55. The first-order chi connectivity index (χ1) is 10.9. The second kappa shape index (κ2) is 6.56. The number of nitrogens with one attached hydrogen (secondary N) is 1. The van der Waals surface area contributed by atoms with Gasteiger partial charge in [-0.05, 0) is 30.3 Å². The quantitative estimate of drug-likeness (QED) is 0.646. The van der Waals surface area contributed by atoms with Crippen LogP contribution in [0.2, 0.25) is 0 Å². The topological polar surface area (TPSA) is 119 Å². The molecule has 8 heteroatoms. The normalized spacial score (nSPS) is 9.96. The molecule has 0 radical (unpaired) electrons. The Balaban J connectivity index is 2.27. The van der Waals surface area contributed by atoms with Crippen molar-refractivity contribution in [3.05, 3.63) is 63.7 Å². The van der Waals surface area contributed by atoms with Crippen LogP contribution < -0.4 is 10.1 Å². The number of hydrogen-bond acceptors (Lipinski definition) is 5. The van der Waals surface area contributed by atoms with E-state index in [1.165, 1.54) is 43.5 Å². The summed E-state index contributed by atoms with van der Waals surface area (Å²) in [5.74, 6) is -1.68. The van der Waals surface area contributed by atoms with E-state index >= 15 is 0 Å². The van der Waals surface area contributed by atoms with Gasteiger partial charge in [0.25, 0.3) is 5.91 Å². The maximum atomic E-state index is 12.1. The average molecular weight is 316 g/mol. The zero-order chi connectivity index (χ0) is 17.0. The van der Waals surface area contributed by atoms with E-state index in [0.717, 1.165) is 6.07 Å². The highest BCUT2D eigenvalue weighted by atomic mass is 16.6. The Morgan fingerprint density at radius 1 is 1.17 bits per heavy atom. The number of methoxy groups -OCH3 is 1. The molecule has 8 nitrogen and oxygen atoms in total. The molecule has 0 saturated heterocycles. The third-order valence-electron chi connectivity index (χ3n) is 3.01. The van der Waals surface area contributed by atoms with Crippen molar-refractivity contribution in [2.75, 3.05) is 12.4 Å². The van der Waals surface area contributed by atoms with Crippen LogP contribution in [0.25, 0.3) is 0 Å². The number of nitrogens with zero attached hydrogens (tertiary/aromatic N) is 1. The van der Waals surface area contributed by atoms with Gasteiger partial charge in [-0.3, -0.25) is 14.9 Å². The summed E-state index contributed by atoms with van der Waals surface area (Å²) >= 11 is 0. The summed E-state index contributed by atoms with van der Waals surface area (Å²) < 4.78 is 4.86. The molecule has 0 heterocycles. The molecule has 0 aromatic heterocycles. The van der Waals surface area contributed by atoms with Crippen LogP contribution >= 0.6 is 0 Å². The van der Waals surface area contributed by atoms with Gasteiger partial charge in [0.15, 0.2) is 5.75 Å². The van der Waals surface area contributed by atoms with Gasteiger partial charge in [-0.25, -0.2) is 4.79 Å². The lowest BCUT2D eigenvalue weighted by molar-refractivity contribution is -0.385. The number of hydrogen-bond donors (Lipinski definition) is 2. The Morgan fingerprint density at radius 3 is 2.52 bits per heavy atom. The summed E-state index contributed by atoms with van der Waals surface area (Å²) in [6.45, 7) is 0. The van der Waals surface area contributed by atoms with Crippen LogP contribution in [0.1, 0.15) is 20.7 Å². The number of benzene rings is 2. The predicted octanol–water partition coefficient (Wildman–Crippen LogP) is 2.55. The van der Waals surface area contributed by atoms with Crippen LogP contribution in [0.4, 0.5) is 11.4 Å². The Hall–Kier alpha value is -3.42. The van der Waals surface area contributed by atoms with Gasteiger partial charge in [0.2, 0.25) is 0 Å². The van der Waals surface area contributed by atoms with Crippen molar-refractivity contribution in [1.82, 2.24) is 0 Å². The zero-order valence-electron chi connectivity index (χ0n) is 12.0. The Labute approximate surface area is 130 Å². The SMILES string of the molecule is COc1ccc(C(=O)Nc2cccc(C(=O)O)c2)cc1[N+](=O)[O-]. The molecule has 0 unspecified atom stereocenters. The second-order valence-corrected chi connectivity index (χ2v) is 4.48. The molecule has 0 saturated carbocycles. The van der Waals surface area contributed by atoms with Crippen molar-refractivity contribution >= 4 is 23.3 Å². The minimum absolute atomic E-state index is 0.0171. The molecule has 1 amide bonds. The predicted molar refractivity (Wildman–Crippen MR) is 81.0 cm³/mol. The van der Waals surface area contributed by atoms with E-state index in [1.54, 1.807) is 0 Å². The van der Waals surface area contributed by atoms with Crippen LogP contribution in [-0.2, 0) is 0 Å². The molecule has 0 aliphatic rings. The minimum atomic E-state index is -1.12. The number of carboxylic acid groups (broad SMARTS) is 1. The van der Waals surface area contributed by atoms with Crippen LogP contribution in [0.3, 0.4) is 0 Å². The summed E-state index contributed by atoms with van der Waals surface area (Å²) in [7, 11) is 1.29.